The lowest BCUT2D eigenvalue weighted by atomic mass is 9.86. The number of hydrogen-bond acceptors (Lipinski definition) is 18. The van der Waals surface area contributed by atoms with E-state index in [4.69, 9.17) is 23.9 Å². The number of hydrogen-bond donors (Lipinski definition) is 8. The van der Waals surface area contributed by atoms with Gasteiger partial charge in [-0.25, -0.2) is 19.4 Å². The van der Waals surface area contributed by atoms with Crippen molar-refractivity contribution in [2.45, 2.75) is 154 Å². The molecule has 0 aliphatic carbocycles. The second-order valence-electron chi connectivity index (χ2n) is 21.3. The zero-order chi connectivity index (χ0) is 59.5. The van der Waals surface area contributed by atoms with E-state index in [0.717, 1.165) is 21.4 Å². The zero-order valence-electron chi connectivity index (χ0n) is 46.1. The van der Waals surface area contributed by atoms with Gasteiger partial charge in [-0.05, 0) is 87.8 Å². The first kappa shape index (κ1) is 60.0. The summed E-state index contributed by atoms with van der Waals surface area (Å²) in [6, 6.07) is 10.4. The molecule has 8 N–H and O–H groups in total. The summed E-state index contributed by atoms with van der Waals surface area (Å²) in [7, 11) is 0. The molecule has 2 aromatic carbocycles. The molecule has 2 aromatic heterocycles. The lowest BCUT2D eigenvalue weighted by Gasteiger charge is -2.38. The Balaban J connectivity index is 0.958. The van der Waals surface area contributed by atoms with E-state index in [1.54, 1.807) is 45.3 Å². The lowest BCUT2D eigenvalue weighted by Crippen LogP contribution is -2.61. The first-order valence-corrected chi connectivity index (χ1v) is 27.1. The number of nitrogens with one attached hydrogen (secondary N) is 3. The molecule has 4 aliphatic heterocycles. The van der Waals surface area contributed by atoms with E-state index < -0.39 is 120 Å². The third-order valence-electron chi connectivity index (χ3n) is 15.1. The summed E-state index contributed by atoms with van der Waals surface area (Å²) in [6.45, 7) is 9.75. The zero-order valence-corrected chi connectivity index (χ0v) is 46.1. The van der Waals surface area contributed by atoms with Crippen molar-refractivity contribution < 1.29 is 82.8 Å². The molecule has 0 bridgehead atoms. The van der Waals surface area contributed by atoms with Crippen LogP contribution in [-0.2, 0) is 79.6 Å². The van der Waals surface area contributed by atoms with E-state index in [1.807, 2.05) is 24.3 Å². The molecule has 0 radical (unpaired) electrons. The van der Waals surface area contributed by atoms with Crippen LogP contribution in [0.1, 0.15) is 101 Å². The van der Waals surface area contributed by atoms with Crippen LogP contribution in [0, 0.1) is 5.92 Å². The quantitative estimate of drug-likeness (QED) is 0.0279. The van der Waals surface area contributed by atoms with Crippen LogP contribution >= 0.6 is 0 Å². The van der Waals surface area contributed by atoms with Gasteiger partial charge in [0.25, 0.3) is 17.4 Å². The lowest BCUT2D eigenvalue weighted by molar-refractivity contribution is -0.271. The van der Waals surface area contributed by atoms with Crippen LogP contribution in [0.25, 0.3) is 22.3 Å². The maximum atomic E-state index is 14.1. The summed E-state index contributed by atoms with van der Waals surface area (Å²) < 4.78 is 23.9. The van der Waals surface area contributed by atoms with Crippen molar-refractivity contribution in [2.24, 2.45) is 5.92 Å². The number of aliphatic hydroxyl groups excluding tert-OH is 3. The van der Waals surface area contributed by atoms with Crippen LogP contribution in [0.15, 0.2) is 65.5 Å². The Hall–Kier alpha value is -8.10. The van der Waals surface area contributed by atoms with Gasteiger partial charge in [0.2, 0.25) is 24.0 Å². The Kier molecular flexibility index (Phi) is 18.3. The Morgan fingerprint density at radius 3 is 2.28 bits per heavy atom. The van der Waals surface area contributed by atoms with Gasteiger partial charge in [0, 0.05) is 54.2 Å². The molecule has 0 spiro atoms. The molecule has 4 aliphatic rings. The predicted octanol–water partition coefficient (Wildman–Crippen LogP) is 2.01. The highest BCUT2D eigenvalue weighted by Crippen LogP contribution is 2.41. The molecular weight excluding hydrogens is 1070 g/mol. The predicted molar refractivity (Wildman–Crippen MR) is 289 cm³/mol. The normalized spacial score (nSPS) is 21.6. The number of aliphatic carboxylic acids is 1. The number of pyridine rings is 2. The number of carbonyl (C=O) groups excluding carboxylic acids is 7. The summed E-state index contributed by atoms with van der Waals surface area (Å²) in [6.07, 6.45) is -6.73. The Bertz CT molecular complexity index is 3270. The van der Waals surface area contributed by atoms with Crippen LogP contribution in [0.3, 0.4) is 0 Å². The van der Waals surface area contributed by atoms with Crippen LogP contribution < -0.4 is 26.2 Å². The smallest absolute Gasteiger partial charge is 0.410 e. The van der Waals surface area contributed by atoms with Crippen LogP contribution in [0.5, 0.6) is 5.75 Å². The number of carboxylic acids is 1. The average molecular weight is 1140 g/mol. The first-order chi connectivity index (χ1) is 38.9. The molecule has 8 atom stereocenters. The Morgan fingerprint density at radius 2 is 1.60 bits per heavy atom. The minimum Gasteiger partial charge on any atom is -0.479 e. The van der Waals surface area contributed by atoms with Crippen molar-refractivity contribution in [1.29, 1.82) is 0 Å². The van der Waals surface area contributed by atoms with Crippen molar-refractivity contribution >= 4 is 64.2 Å². The molecule has 82 heavy (non-hydrogen) atoms. The number of aromatic nitrogens is 2. The van der Waals surface area contributed by atoms with Crippen LogP contribution in [-0.4, -0.2) is 154 Å². The van der Waals surface area contributed by atoms with Crippen LogP contribution in [0.2, 0.25) is 0 Å². The van der Waals surface area contributed by atoms with Crippen molar-refractivity contribution in [3.63, 3.8) is 0 Å². The van der Waals surface area contributed by atoms with Gasteiger partial charge >= 0.3 is 18.0 Å². The number of unbranched alkanes of at least 4 members (excludes halogenated alkanes) is 2. The summed E-state index contributed by atoms with van der Waals surface area (Å²) in [4.78, 5) is 124. The molecule has 438 valence electrons. The van der Waals surface area contributed by atoms with E-state index >= 15 is 0 Å². The van der Waals surface area contributed by atoms with Gasteiger partial charge < -0.3 is 69.9 Å². The van der Waals surface area contributed by atoms with Gasteiger partial charge in [-0.3, -0.25) is 33.7 Å². The number of ether oxygens (including phenoxy) is 4. The van der Waals surface area contributed by atoms with Gasteiger partial charge in [-0.1, -0.05) is 51.5 Å². The molecule has 6 heterocycles. The number of imide groups is 1. The summed E-state index contributed by atoms with van der Waals surface area (Å²) in [5.74, 6) is -5.92. The van der Waals surface area contributed by atoms with E-state index in [0.29, 0.717) is 36.2 Å². The summed E-state index contributed by atoms with van der Waals surface area (Å²) in [5, 5.41) is 61.7. The molecule has 8 rings (SSSR count). The number of carbonyl (C=O) groups is 8. The fraction of sp³-hybridized carbons (Fsp3) is 0.474. The number of fused-ring (bicyclic) bond motifs is 5. The number of carboxylic acid groups (broad SMARTS) is 1. The molecule has 0 saturated carbocycles. The highest BCUT2D eigenvalue weighted by atomic mass is 16.7. The largest absolute Gasteiger partial charge is 0.479 e. The standard InChI is InChI=1S/C57H67N7O18/c1-7-57(78)36-24-39-45-34(25-64(39)52(73)35(36)27-79-55(57)76)32(33-13-10-11-14-37(33)59-45)20-22-62(29(4)5)56(77)80-26-31-16-17-38(40(23-31)81-54-48(70)46(68)47(69)49(82-54)53(74)75)60-50(71)30(6)58-51(72)44(28(2)3)61-41(65)15-9-8-12-21-63-42(66)18-19-43(63)67/h10-11,13-14,16-19,23-24,28-30,44,46-49,54,68-70,78H,7-9,12,15,20-22,25-27H2,1-6H3,(H,58,72)(H,60,71)(H,61,65)(H,74,75)/t30-,44-,46-,47-,48+,49-,54+,57-/m0/s1. The minimum absolute atomic E-state index is 0.0242. The average Bonchev–Trinajstić information content (AvgIpc) is 4.17. The number of aliphatic hydroxyl groups is 4. The Morgan fingerprint density at radius 1 is 0.878 bits per heavy atom. The number of para-hydroxylation sites is 1. The molecule has 25 nitrogen and oxygen atoms in total. The number of amides is 6. The topological polar surface area (TPSA) is 352 Å². The van der Waals surface area contributed by atoms with E-state index in [2.05, 4.69) is 16.0 Å². The number of rotatable bonds is 22. The summed E-state index contributed by atoms with van der Waals surface area (Å²) >= 11 is 0. The molecule has 1 fully saturated rings. The van der Waals surface area contributed by atoms with Gasteiger partial charge in [0.1, 0.15) is 49.4 Å². The second kappa shape index (κ2) is 25.0. The van der Waals surface area contributed by atoms with Gasteiger partial charge in [-0.2, -0.15) is 0 Å². The fourth-order valence-electron chi connectivity index (χ4n) is 10.3. The second-order valence-corrected chi connectivity index (χ2v) is 21.3. The summed E-state index contributed by atoms with van der Waals surface area (Å²) in [5.41, 5.74) is 1.10. The maximum absolute atomic E-state index is 14.1. The van der Waals surface area contributed by atoms with Gasteiger partial charge in [0.15, 0.2) is 11.7 Å². The first-order valence-electron chi connectivity index (χ1n) is 27.1. The number of esters is 1. The van der Waals surface area contributed by atoms with E-state index in [9.17, 15) is 68.7 Å². The van der Waals surface area contributed by atoms with E-state index in [-0.39, 0.29) is 73.6 Å². The van der Waals surface area contributed by atoms with Gasteiger partial charge in [0.05, 0.1) is 34.7 Å². The molecule has 4 aromatic rings. The number of cyclic esters (lactones) is 1. The maximum Gasteiger partial charge on any atom is 0.410 e. The highest BCUT2D eigenvalue weighted by molar-refractivity contribution is 6.12. The van der Waals surface area contributed by atoms with Gasteiger partial charge in [-0.15, -0.1) is 0 Å². The molecule has 6 amide bonds. The third kappa shape index (κ3) is 12.4. The highest BCUT2D eigenvalue weighted by Gasteiger charge is 2.49. The minimum atomic E-state index is -2.05. The van der Waals surface area contributed by atoms with Crippen molar-refractivity contribution in [2.75, 3.05) is 18.4 Å². The molecule has 25 heteroatoms. The molecular formula is C57H67N7O18. The monoisotopic (exact) mass is 1140 g/mol. The fourth-order valence-corrected chi connectivity index (χ4v) is 10.3. The SMILES string of the molecule is CC[C@@]1(O)C(=O)OCc2c1cc1n(c2=O)Cc2c-1nc1ccccc1c2CCN(C(=O)OCc1ccc(NC(=O)[C@H](C)NC(=O)[C@@H](NC(=O)CCCCCN2C(=O)C=CC2=O)C(C)C)c(O[C@@H]2O[C@H](C(=O)O)[C@@H](O)[C@H](O)[C@H]2O)c1)C(C)C. The molecule has 0 unspecified atom stereocenters. The number of nitrogens with zero attached hydrogens (tertiary/aromatic N) is 4. The third-order valence-corrected chi connectivity index (χ3v) is 15.1. The molecule has 1 saturated heterocycles. The van der Waals surface area contributed by atoms with Crippen LogP contribution in [0.4, 0.5) is 10.5 Å². The van der Waals surface area contributed by atoms with E-state index in [1.165, 1.54) is 42.2 Å². The van der Waals surface area contributed by atoms with Crippen molar-refractivity contribution in [3.8, 4) is 17.1 Å². The number of benzene rings is 2. The number of anilines is 1. The Labute approximate surface area is 470 Å². The van der Waals surface area contributed by atoms with Crippen molar-refractivity contribution in [3.05, 3.63) is 98.9 Å². The van der Waals surface area contributed by atoms with Crippen molar-refractivity contribution in [1.82, 2.24) is 30.0 Å².